The molecule has 3 aliphatic rings. The summed E-state index contributed by atoms with van der Waals surface area (Å²) in [5.74, 6) is 1.67. The SMILES string of the molecule is CC(=O)NC1[C@H](OCCCCC(=O)NCCCCCC(=O)N2C[C@H](C)C[C@H]2C2C(C)C2(C)C)OC(CO)[C@H](O)[C@@H]1O. The van der Waals surface area contributed by atoms with Crippen LogP contribution in [0, 0.1) is 23.2 Å². The largest absolute Gasteiger partial charge is 0.394 e. The maximum atomic E-state index is 13.0. The molecule has 41 heavy (non-hydrogen) atoms. The second-order valence-corrected chi connectivity index (χ2v) is 13.0. The number of unbranched alkanes of at least 4 members (excludes halogenated alkanes) is 3. The van der Waals surface area contributed by atoms with Gasteiger partial charge in [-0.15, -0.1) is 0 Å². The van der Waals surface area contributed by atoms with Crippen LogP contribution in [-0.2, 0) is 23.9 Å². The Hall–Kier alpha value is -1.79. The summed E-state index contributed by atoms with van der Waals surface area (Å²) in [6, 6.07) is -0.587. The maximum Gasteiger partial charge on any atom is 0.222 e. The lowest BCUT2D eigenvalue weighted by molar-refractivity contribution is -0.270. The predicted molar refractivity (Wildman–Crippen MR) is 152 cm³/mol. The molecule has 0 aromatic rings. The van der Waals surface area contributed by atoms with Crippen LogP contribution in [0.3, 0.4) is 0 Å². The molecule has 11 nitrogen and oxygen atoms in total. The van der Waals surface area contributed by atoms with Gasteiger partial charge >= 0.3 is 0 Å². The molecule has 2 saturated heterocycles. The first-order valence-electron chi connectivity index (χ1n) is 15.5. The molecule has 2 heterocycles. The van der Waals surface area contributed by atoms with Gasteiger partial charge in [-0.3, -0.25) is 14.4 Å². The number of likely N-dealkylation sites (tertiary alicyclic amines) is 1. The van der Waals surface area contributed by atoms with Gasteiger partial charge < -0.3 is 40.3 Å². The number of aliphatic hydroxyl groups is 3. The summed E-state index contributed by atoms with van der Waals surface area (Å²) in [4.78, 5) is 38.8. The van der Waals surface area contributed by atoms with Gasteiger partial charge in [-0.2, -0.15) is 0 Å². The van der Waals surface area contributed by atoms with E-state index in [4.69, 9.17) is 9.47 Å². The van der Waals surface area contributed by atoms with Gasteiger partial charge in [0.1, 0.15) is 24.4 Å². The molecule has 5 N–H and O–H groups in total. The summed E-state index contributed by atoms with van der Waals surface area (Å²) in [5, 5.41) is 35.2. The van der Waals surface area contributed by atoms with Gasteiger partial charge in [0.05, 0.1) is 6.61 Å². The van der Waals surface area contributed by atoms with E-state index in [1.165, 1.54) is 6.92 Å². The van der Waals surface area contributed by atoms with Crippen LogP contribution in [0.25, 0.3) is 0 Å². The van der Waals surface area contributed by atoms with Gasteiger partial charge in [0.25, 0.3) is 0 Å². The molecule has 236 valence electrons. The summed E-state index contributed by atoms with van der Waals surface area (Å²) in [6.07, 6.45) is 0.964. The first-order valence-corrected chi connectivity index (χ1v) is 15.5. The van der Waals surface area contributed by atoms with Crippen LogP contribution in [0.5, 0.6) is 0 Å². The summed E-state index contributed by atoms with van der Waals surface area (Å²) in [7, 11) is 0. The second kappa shape index (κ2) is 15.1. The number of rotatable bonds is 15. The van der Waals surface area contributed by atoms with Crippen molar-refractivity contribution in [1.82, 2.24) is 15.5 Å². The molecule has 11 heteroatoms. The van der Waals surface area contributed by atoms with E-state index in [0.29, 0.717) is 61.4 Å². The molecule has 0 bridgehead atoms. The van der Waals surface area contributed by atoms with Gasteiger partial charge in [0.15, 0.2) is 6.29 Å². The van der Waals surface area contributed by atoms with E-state index in [9.17, 15) is 29.7 Å². The zero-order valence-corrected chi connectivity index (χ0v) is 25.5. The van der Waals surface area contributed by atoms with Crippen LogP contribution in [0.2, 0.25) is 0 Å². The molecule has 9 atom stereocenters. The highest BCUT2D eigenvalue weighted by molar-refractivity contribution is 5.77. The molecule has 4 unspecified atom stereocenters. The molecule has 1 aliphatic carbocycles. The predicted octanol–water partition coefficient (Wildman–Crippen LogP) is 1.32. The first-order chi connectivity index (χ1) is 19.4. The third kappa shape index (κ3) is 8.86. The van der Waals surface area contributed by atoms with Crippen LogP contribution in [0.1, 0.15) is 86.0 Å². The van der Waals surface area contributed by atoms with Crippen molar-refractivity contribution in [2.24, 2.45) is 23.2 Å². The molecule has 3 amide bonds. The summed E-state index contributed by atoms with van der Waals surface area (Å²) in [5.41, 5.74) is 0.330. The van der Waals surface area contributed by atoms with Crippen molar-refractivity contribution < 1.29 is 39.2 Å². The zero-order valence-electron chi connectivity index (χ0n) is 25.5. The average molecular weight is 584 g/mol. The lowest BCUT2D eigenvalue weighted by Crippen LogP contribution is -2.64. The molecule has 0 radical (unpaired) electrons. The van der Waals surface area contributed by atoms with E-state index >= 15 is 0 Å². The monoisotopic (exact) mass is 583 g/mol. The second-order valence-electron chi connectivity index (χ2n) is 13.0. The molecule has 0 aromatic carbocycles. The van der Waals surface area contributed by atoms with Gasteiger partial charge in [-0.1, -0.05) is 34.1 Å². The molecule has 0 aromatic heterocycles. The smallest absolute Gasteiger partial charge is 0.222 e. The quantitative estimate of drug-likeness (QED) is 0.181. The van der Waals surface area contributed by atoms with Gasteiger partial charge in [0.2, 0.25) is 17.7 Å². The fourth-order valence-corrected chi connectivity index (χ4v) is 6.72. The first kappa shape index (κ1) is 33.7. The standard InChI is InChI=1S/C30H53N3O8/c1-18-15-21(25-19(2)30(25,4)5)33(16-18)24(37)12-7-6-9-13-31-23(36)11-8-10-14-40-29-26(32-20(3)35)28(39)27(38)22(17-34)41-29/h18-19,21-22,25-29,34,38-39H,6-17H2,1-5H3,(H,31,36)(H,32,35)/t18-,19?,21+,22?,25?,26?,27+,28-,29-/m1/s1. The Morgan fingerprint density at radius 1 is 1.02 bits per heavy atom. The minimum atomic E-state index is -1.36. The Kier molecular flexibility index (Phi) is 12.4. The number of carbonyl (C=O) groups is 3. The van der Waals surface area contributed by atoms with Crippen LogP contribution < -0.4 is 10.6 Å². The number of nitrogens with one attached hydrogen (secondary N) is 2. The van der Waals surface area contributed by atoms with E-state index in [1.54, 1.807) is 0 Å². The molecular formula is C30H53N3O8. The summed E-state index contributed by atoms with van der Waals surface area (Å²) >= 11 is 0. The molecule has 0 spiro atoms. The van der Waals surface area contributed by atoms with Crippen molar-refractivity contribution in [3.63, 3.8) is 0 Å². The van der Waals surface area contributed by atoms with E-state index < -0.39 is 43.2 Å². The van der Waals surface area contributed by atoms with Crippen molar-refractivity contribution in [1.29, 1.82) is 0 Å². The third-order valence-corrected chi connectivity index (χ3v) is 9.47. The number of hydrogen-bond donors (Lipinski definition) is 5. The molecule has 3 fully saturated rings. The van der Waals surface area contributed by atoms with Crippen LogP contribution in [0.15, 0.2) is 0 Å². The van der Waals surface area contributed by atoms with Crippen LogP contribution >= 0.6 is 0 Å². The number of nitrogens with zero attached hydrogens (tertiary/aromatic N) is 1. The number of carbonyl (C=O) groups excluding carboxylic acids is 3. The lowest BCUT2D eigenvalue weighted by atomic mass is 9.97. The van der Waals surface area contributed by atoms with E-state index in [0.717, 1.165) is 32.2 Å². The maximum absolute atomic E-state index is 13.0. The Labute approximate surface area is 244 Å². The zero-order chi connectivity index (χ0) is 30.3. The topological polar surface area (TPSA) is 158 Å². The molecule has 2 aliphatic heterocycles. The average Bonchev–Trinajstić information content (AvgIpc) is 3.19. The fourth-order valence-electron chi connectivity index (χ4n) is 6.72. The van der Waals surface area contributed by atoms with E-state index in [1.807, 2.05) is 0 Å². The highest BCUT2D eigenvalue weighted by Gasteiger charge is 2.60. The highest BCUT2D eigenvalue weighted by Crippen LogP contribution is 2.62. The van der Waals surface area contributed by atoms with E-state index in [2.05, 4.69) is 43.2 Å². The van der Waals surface area contributed by atoms with Crippen LogP contribution in [-0.4, -0.2) is 101 Å². The van der Waals surface area contributed by atoms with Crippen molar-refractivity contribution in [3.05, 3.63) is 0 Å². The molecule has 1 saturated carbocycles. The number of amides is 3. The van der Waals surface area contributed by atoms with Gasteiger partial charge in [-0.25, -0.2) is 0 Å². The van der Waals surface area contributed by atoms with Gasteiger partial charge in [0, 0.05) is 45.5 Å². The van der Waals surface area contributed by atoms with Crippen molar-refractivity contribution >= 4 is 17.7 Å². The van der Waals surface area contributed by atoms with Crippen molar-refractivity contribution in [2.45, 2.75) is 123 Å². The highest BCUT2D eigenvalue weighted by atomic mass is 16.7. The Morgan fingerprint density at radius 2 is 1.71 bits per heavy atom. The van der Waals surface area contributed by atoms with Crippen LogP contribution in [0.4, 0.5) is 0 Å². The molecule has 3 rings (SSSR count). The summed E-state index contributed by atoms with van der Waals surface area (Å²) < 4.78 is 11.2. The Morgan fingerprint density at radius 3 is 2.34 bits per heavy atom. The molecular weight excluding hydrogens is 530 g/mol. The lowest BCUT2D eigenvalue weighted by Gasteiger charge is -2.42. The Balaban J connectivity index is 1.24. The normalized spacial score (nSPS) is 34.3. The Bertz CT molecular complexity index is 886. The van der Waals surface area contributed by atoms with E-state index in [-0.39, 0.29) is 18.4 Å². The minimum Gasteiger partial charge on any atom is -0.394 e. The minimum absolute atomic E-state index is 0.0416. The number of ether oxygens (including phenoxy) is 2. The number of hydrogen-bond acceptors (Lipinski definition) is 8. The summed E-state index contributed by atoms with van der Waals surface area (Å²) in [6.45, 7) is 11.6. The third-order valence-electron chi connectivity index (χ3n) is 9.47. The van der Waals surface area contributed by atoms with Crippen molar-refractivity contribution in [2.75, 3.05) is 26.3 Å². The van der Waals surface area contributed by atoms with Crippen molar-refractivity contribution in [3.8, 4) is 0 Å². The fraction of sp³-hybridized carbons (Fsp3) is 0.900. The number of aliphatic hydroxyl groups excluding tert-OH is 3. The van der Waals surface area contributed by atoms with Gasteiger partial charge in [-0.05, 0) is 55.3 Å².